The maximum Gasteiger partial charge on any atom is 0.500 e. The summed E-state index contributed by atoms with van der Waals surface area (Å²) < 4.78 is 32.3. The summed E-state index contributed by atoms with van der Waals surface area (Å²) in [5.74, 6) is 0. The predicted octanol–water partition coefficient (Wildman–Crippen LogP) is 2.83. The first kappa shape index (κ1) is 26.5. The fraction of sp³-hybridized carbons (Fsp3) is 0.882. The molecule has 0 aliphatic heterocycles. The molecule has 0 N–H and O–H groups in total. The van der Waals surface area contributed by atoms with E-state index in [-0.39, 0.29) is 0 Å². The lowest BCUT2D eigenvalue weighted by Gasteiger charge is -2.23. The van der Waals surface area contributed by atoms with Crippen LogP contribution >= 0.6 is 0 Å². The first-order valence-electron chi connectivity index (χ1n) is 9.35. The molecular formula is C17H38N2O6Si2. The molecule has 0 radical (unpaired) electrons. The Labute approximate surface area is 167 Å². The molecule has 0 atom stereocenters. The van der Waals surface area contributed by atoms with Crippen molar-refractivity contribution in [1.82, 2.24) is 0 Å². The van der Waals surface area contributed by atoms with Gasteiger partial charge < -0.3 is 26.6 Å². The molecule has 10 heteroatoms. The summed E-state index contributed by atoms with van der Waals surface area (Å²) in [6.07, 6.45) is 8.73. The molecule has 0 amide bonds. The van der Waals surface area contributed by atoms with Crippen LogP contribution < -0.4 is 0 Å². The molecule has 0 fully saturated rings. The Morgan fingerprint density at radius 3 is 1.19 bits per heavy atom. The molecule has 0 aromatic rings. The Balaban J connectivity index is 3.71. The minimum Gasteiger partial charge on any atom is -0.377 e. The second kappa shape index (κ2) is 16.5. The number of unbranched alkanes of at least 4 members (excludes halogenated alkanes) is 2. The van der Waals surface area contributed by atoms with Crippen molar-refractivity contribution in [2.24, 2.45) is 9.98 Å². The molecule has 0 saturated carbocycles. The van der Waals surface area contributed by atoms with Crippen LogP contribution in [0.2, 0.25) is 12.1 Å². The maximum atomic E-state index is 5.38. The van der Waals surface area contributed by atoms with Crippen LogP contribution in [0.5, 0.6) is 0 Å². The van der Waals surface area contributed by atoms with E-state index < -0.39 is 17.6 Å². The summed E-state index contributed by atoms with van der Waals surface area (Å²) in [5, 5.41) is 0. The number of nitrogens with zero attached hydrogens (tertiary/aromatic N) is 2. The van der Waals surface area contributed by atoms with Crippen LogP contribution in [0.1, 0.15) is 32.1 Å². The van der Waals surface area contributed by atoms with Gasteiger partial charge in [0.2, 0.25) is 0 Å². The predicted molar refractivity (Wildman–Crippen MR) is 113 cm³/mol. The van der Waals surface area contributed by atoms with E-state index in [4.69, 9.17) is 26.6 Å². The normalized spacial score (nSPS) is 13.3. The van der Waals surface area contributed by atoms with Gasteiger partial charge >= 0.3 is 17.6 Å². The van der Waals surface area contributed by atoms with Crippen molar-refractivity contribution in [3.05, 3.63) is 0 Å². The van der Waals surface area contributed by atoms with Crippen molar-refractivity contribution in [2.45, 2.75) is 44.2 Å². The Kier molecular flexibility index (Phi) is 16.2. The Hall–Kier alpha value is -0.466. The molecule has 0 aliphatic carbocycles. The molecule has 0 saturated heterocycles. The van der Waals surface area contributed by atoms with Crippen molar-refractivity contribution in [2.75, 3.05) is 55.7 Å². The molecule has 0 heterocycles. The van der Waals surface area contributed by atoms with Gasteiger partial charge in [-0.2, -0.15) is 0 Å². The van der Waals surface area contributed by atoms with Crippen LogP contribution in [0, 0.1) is 0 Å². The van der Waals surface area contributed by atoms with Crippen molar-refractivity contribution in [3.63, 3.8) is 0 Å². The molecular weight excluding hydrogens is 384 g/mol. The average molecular weight is 423 g/mol. The molecule has 0 aliphatic rings. The zero-order chi connectivity index (χ0) is 20.4. The monoisotopic (exact) mass is 422 g/mol. The highest BCUT2D eigenvalue weighted by Gasteiger charge is 2.37. The van der Waals surface area contributed by atoms with Crippen LogP contribution in [0.3, 0.4) is 0 Å². The highest BCUT2D eigenvalue weighted by molar-refractivity contribution is 6.60. The van der Waals surface area contributed by atoms with Gasteiger partial charge in [-0.15, -0.1) is 0 Å². The standard InChI is InChI=1S/C17H38N2O6Si2/c1-20-26(21-2,22-3)16-10-14-18-12-8-7-9-13-19-15-11-17-27(23-4,24-5)25-6/h12-13H,7-11,14-17H2,1-6H3. The van der Waals surface area contributed by atoms with Gasteiger partial charge in [-0.3, -0.25) is 9.98 Å². The summed E-state index contributed by atoms with van der Waals surface area (Å²) >= 11 is 0. The minimum atomic E-state index is -2.45. The fourth-order valence-electron chi connectivity index (χ4n) is 2.55. The molecule has 0 aromatic heterocycles. The van der Waals surface area contributed by atoms with Gasteiger partial charge in [0, 0.05) is 67.8 Å². The molecule has 160 valence electrons. The smallest absolute Gasteiger partial charge is 0.377 e. The average Bonchev–Trinajstić information content (AvgIpc) is 2.72. The van der Waals surface area contributed by atoms with E-state index in [2.05, 4.69) is 9.98 Å². The van der Waals surface area contributed by atoms with Crippen molar-refractivity contribution in [3.8, 4) is 0 Å². The van der Waals surface area contributed by atoms with Gasteiger partial charge in [0.25, 0.3) is 0 Å². The van der Waals surface area contributed by atoms with Crippen molar-refractivity contribution >= 4 is 30.0 Å². The molecule has 0 aromatic carbocycles. The van der Waals surface area contributed by atoms with E-state index in [0.717, 1.165) is 57.3 Å². The van der Waals surface area contributed by atoms with E-state index in [1.165, 1.54) is 0 Å². The van der Waals surface area contributed by atoms with Crippen LogP contribution in [-0.2, 0) is 26.6 Å². The Morgan fingerprint density at radius 1 is 0.556 bits per heavy atom. The lowest BCUT2D eigenvalue weighted by atomic mass is 10.2. The van der Waals surface area contributed by atoms with Crippen LogP contribution in [0.4, 0.5) is 0 Å². The Morgan fingerprint density at radius 2 is 0.889 bits per heavy atom. The van der Waals surface area contributed by atoms with Gasteiger partial charge in [0.05, 0.1) is 0 Å². The van der Waals surface area contributed by atoms with Crippen LogP contribution in [-0.4, -0.2) is 85.8 Å². The summed E-state index contributed by atoms with van der Waals surface area (Å²) in [7, 11) is 4.91. The number of hydrogen-bond acceptors (Lipinski definition) is 8. The molecule has 0 rings (SSSR count). The van der Waals surface area contributed by atoms with Crippen molar-refractivity contribution < 1.29 is 26.6 Å². The third kappa shape index (κ3) is 11.2. The number of aliphatic imine (C=N–C) groups is 2. The fourth-order valence-corrected chi connectivity index (χ4v) is 5.96. The van der Waals surface area contributed by atoms with Gasteiger partial charge in [-0.25, -0.2) is 0 Å². The highest BCUT2D eigenvalue weighted by atomic mass is 28.4. The largest absolute Gasteiger partial charge is 0.500 e. The third-order valence-corrected chi connectivity index (χ3v) is 9.99. The van der Waals surface area contributed by atoms with Gasteiger partial charge in [-0.05, 0) is 44.5 Å². The first-order valence-corrected chi connectivity index (χ1v) is 13.2. The highest BCUT2D eigenvalue weighted by Crippen LogP contribution is 2.15. The molecule has 0 bridgehead atoms. The first-order chi connectivity index (χ1) is 13.1. The lowest BCUT2D eigenvalue weighted by Crippen LogP contribution is -2.42. The topological polar surface area (TPSA) is 80.1 Å². The van der Waals surface area contributed by atoms with Gasteiger partial charge in [0.1, 0.15) is 0 Å². The summed E-state index contributed by atoms with van der Waals surface area (Å²) in [6.45, 7) is 1.53. The Bertz CT molecular complexity index is 352. The third-order valence-electron chi connectivity index (χ3n) is 4.33. The minimum absolute atomic E-state index is 0.767. The molecule has 8 nitrogen and oxygen atoms in total. The van der Waals surface area contributed by atoms with Crippen LogP contribution in [0.15, 0.2) is 9.98 Å². The van der Waals surface area contributed by atoms with E-state index in [9.17, 15) is 0 Å². The molecule has 0 unspecified atom stereocenters. The SMILES string of the molecule is CO[Si](CCCN=CCCCC=NCCC[Si](OC)(OC)OC)(OC)OC. The molecule has 27 heavy (non-hydrogen) atoms. The summed E-state index contributed by atoms with van der Waals surface area (Å²) in [6, 6.07) is 1.56. The molecule has 0 spiro atoms. The van der Waals surface area contributed by atoms with E-state index >= 15 is 0 Å². The quantitative estimate of drug-likeness (QED) is 0.192. The van der Waals surface area contributed by atoms with E-state index in [1.807, 2.05) is 12.4 Å². The van der Waals surface area contributed by atoms with Gasteiger partial charge in [-0.1, -0.05) is 0 Å². The summed E-state index contributed by atoms with van der Waals surface area (Å²) in [4.78, 5) is 8.86. The second-order valence-electron chi connectivity index (χ2n) is 5.91. The maximum absolute atomic E-state index is 5.38. The van der Waals surface area contributed by atoms with Crippen LogP contribution in [0.25, 0.3) is 0 Å². The zero-order valence-corrected chi connectivity index (χ0v) is 19.9. The van der Waals surface area contributed by atoms with E-state index in [0.29, 0.717) is 0 Å². The second-order valence-corrected chi connectivity index (χ2v) is 12.1. The summed E-state index contributed by atoms with van der Waals surface area (Å²) in [5.41, 5.74) is 0. The number of hydrogen-bond donors (Lipinski definition) is 0. The lowest BCUT2D eigenvalue weighted by molar-refractivity contribution is 0.122. The number of rotatable bonds is 18. The van der Waals surface area contributed by atoms with Gasteiger partial charge in [0.15, 0.2) is 0 Å². The zero-order valence-electron chi connectivity index (χ0n) is 17.9. The van der Waals surface area contributed by atoms with Crippen molar-refractivity contribution in [1.29, 1.82) is 0 Å². The van der Waals surface area contributed by atoms with E-state index in [1.54, 1.807) is 42.7 Å².